The summed E-state index contributed by atoms with van der Waals surface area (Å²) < 4.78 is 11.4. The van der Waals surface area contributed by atoms with Crippen molar-refractivity contribution in [2.75, 3.05) is 6.54 Å². The number of hydrogen-bond donors (Lipinski definition) is 1. The third-order valence-corrected chi connectivity index (χ3v) is 3.19. The highest BCUT2D eigenvalue weighted by Crippen LogP contribution is 2.23. The number of nitrogens with one attached hydrogen (secondary N) is 1. The van der Waals surface area contributed by atoms with E-state index in [2.05, 4.69) is 12.2 Å². The summed E-state index contributed by atoms with van der Waals surface area (Å²) in [6, 6.07) is 9.53. The molecule has 1 N–H and O–H groups in total. The van der Waals surface area contributed by atoms with E-state index >= 15 is 0 Å². The van der Waals surface area contributed by atoms with E-state index in [0.717, 1.165) is 47.4 Å². The zero-order chi connectivity index (χ0) is 14.4. The predicted octanol–water partition coefficient (Wildman–Crippen LogP) is 4.32. The van der Waals surface area contributed by atoms with Gasteiger partial charge in [0, 0.05) is 5.02 Å². The van der Waals surface area contributed by atoms with Crippen molar-refractivity contribution in [3.05, 3.63) is 52.4 Å². The molecule has 0 aliphatic rings. The molecule has 0 aliphatic heterocycles. The fourth-order valence-corrected chi connectivity index (χ4v) is 2.13. The highest BCUT2D eigenvalue weighted by atomic mass is 35.5. The van der Waals surface area contributed by atoms with E-state index in [1.807, 2.05) is 37.3 Å². The molecule has 4 heteroatoms. The third-order valence-electron chi connectivity index (χ3n) is 2.95. The van der Waals surface area contributed by atoms with E-state index in [1.165, 1.54) is 0 Å². The molecule has 108 valence electrons. The molecule has 0 unspecified atom stereocenters. The summed E-state index contributed by atoms with van der Waals surface area (Å²) in [4.78, 5) is 0. The Morgan fingerprint density at radius 1 is 1.20 bits per heavy atom. The van der Waals surface area contributed by atoms with Crippen LogP contribution in [0.25, 0.3) is 0 Å². The Morgan fingerprint density at radius 3 is 2.75 bits per heavy atom. The maximum absolute atomic E-state index is 5.92. The fraction of sp³-hybridized carbons (Fsp3) is 0.375. The smallest absolute Gasteiger partial charge is 0.146 e. The maximum Gasteiger partial charge on any atom is 0.146 e. The number of aryl methyl sites for hydroxylation is 1. The van der Waals surface area contributed by atoms with Gasteiger partial charge in [0.15, 0.2) is 0 Å². The molecular weight excluding hydrogens is 274 g/mol. The topological polar surface area (TPSA) is 34.4 Å². The summed E-state index contributed by atoms with van der Waals surface area (Å²) in [5, 5.41) is 4.02. The average Bonchev–Trinajstić information content (AvgIpc) is 2.86. The summed E-state index contributed by atoms with van der Waals surface area (Å²) in [6.45, 7) is 6.30. The summed E-state index contributed by atoms with van der Waals surface area (Å²) in [7, 11) is 0. The van der Waals surface area contributed by atoms with Crippen molar-refractivity contribution in [1.82, 2.24) is 5.32 Å². The lowest BCUT2D eigenvalue weighted by Crippen LogP contribution is -2.13. The number of benzene rings is 1. The first-order valence-electron chi connectivity index (χ1n) is 6.86. The quantitative estimate of drug-likeness (QED) is 0.772. The summed E-state index contributed by atoms with van der Waals surface area (Å²) in [6.07, 6.45) is 1.12. The molecule has 3 nitrogen and oxygen atoms in total. The first-order chi connectivity index (χ1) is 9.69. The van der Waals surface area contributed by atoms with Crippen LogP contribution in [-0.2, 0) is 13.2 Å². The van der Waals surface area contributed by atoms with Gasteiger partial charge < -0.3 is 14.5 Å². The molecule has 2 rings (SSSR count). The van der Waals surface area contributed by atoms with Crippen molar-refractivity contribution in [3.63, 3.8) is 0 Å². The lowest BCUT2D eigenvalue weighted by molar-refractivity contribution is 0.263. The van der Waals surface area contributed by atoms with E-state index in [9.17, 15) is 0 Å². The zero-order valence-corrected chi connectivity index (χ0v) is 12.7. The lowest BCUT2D eigenvalue weighted by Gasteiger charge is -2.07. The van der Waals surface area contributed by atoms with Gasteiger partial charge in [-0.05, 0) is 55.8 Å². The van der Waals surface area contributed by atoms with Gasteiger partial charge in [0.25, 0.3) is 0 Å². The Hall–Kier alpha value is -1.45. The molecule has 2 aromatic rings. The van der Waals surface area contributed by atoms with E-state index in [-0.39, 0.29) is 0 Å². The Morgan fingerprint density at radius 2 is 2.00 bits per heavy atom. The second-order valence-electron chi connectivity index (χ2n) is 4.74. The Labute approximate surface area is 124 Å². The largest absolute Gasteiger partial charge is 0.485 e. The van der Waals surface area contributed by atoms with Crippen molar-refractivity contribution in [2.45, 2.75) is 33.4 Å². The maximum atomic E-state index is 5.92. The fourth-order valence-electron chi connectivity index (χ4n) is 1.91. The third kappa shape index (κ3) is 4.29. The normalized spacial score (nSPS) is 10.8. The van der Waals surface area contributed by atoms with E-state index in [0.29, 0.717) is 6.61 Å². The van der Waals surface area contributed by atoms with Crippen molar-refractivity contribution in [3.8, 4) is 5.75 Å². The van der Waals surface area contributed by atoms with Gasteiger partial charge in [-0.25, -0.2) is 0 Å². The van der Waals surface area contributed by atoms with Crippen LogP contribution in [0.4, 0.5) is 0 Å². The summed E-state index contributed by atoms with van der Waals surface area (Å²) >= 11 is 5.92. The summed E-state index contributed by atoms with van der Waals surface area (Å²) in [5.74, 6) is 2.59. The first kappa shape index (κ1) is 14.9. The molecule has 0 spiro atoms. The zero-order valence-electron chi connectivity index (χ0n) is 11.9. The molecule has 0 bridgehead atoms. The van der Waals surface area contributed by atoms with Crippen LogP contribution >= 0.6 is 11.6 Å². The standard InChI is InChI=1S/C16H20ClNO2/c1-3-8-18-10-14-5-6-15(20-14)11-19-16-7-4-13(17)9-12(16)2/h4-7,9,18H,3,8,10-11H2,1-2H3. The first-order valence-corrected chi connectivity index (χ1v) is 7.24. The van der Waals surface area contributed by atoms with Crippen LogP contribution < -0.4 is 10.1 Å². The molecule has 0 fully saturated rings. The Kier molecular flexibility index (Phi) is 5.50. The minimum Gasteiger partial charge on any atom is -0.485 e. The van der Waals surface area contributed by atoms with Gasteiger partial charge >= 0.3 is 0 Å². The van der Waals surface area contributed by atoms with Gasteiger partial charge in [-0.2, -0.15) is 0 Å². The highest BCUT2D eigenvalue weighted by Gasteiger charge is 2.05. The molecule has 0 radical (unpaired) electrons. The molecule has 0 atom stereocenters. The Bertz CT molecular complexity index is 551. The van der Waals surface area contributed by atoms with Crippen molar-refractivity contribution < 1.29 is 9.15 Å². The molecule has 0 aliphatic carbocycles. The number of furan rings is 1. The number of rotatable bonds is 7. The molecule has 0 saturated heterocycles. The van der Waals surface area contributed by atoms with Gasteiger partial charge in [-0.15, -0.1) is 0 Å². The van der Waals surface area contributed by atoms with E-state index in [1.54, 1.807) is 0 Å². The van der Waals surface area contributed by atoms with Crippen LogP contribution in [0.3, 0.4) is 0 Å². The highest BCUT2D eigenvalue weighted by molar-refractivity contribution is 6.30. The van der Waals surface area contributed by atoms with Crippen molar-refractivity contribution >= 4 is 11.6 Å². The molecular formula is C16H20ClNO2. The Balaban J connectivity index is 1.87. The second-order valence-corrected chi connectivity index (χ2v) is 5.18. The van der Waals surface area contributed by atoms with Gasteiger partial charge in [-0.1, -0.05) is 18.5 Å². The van der Waals surface area contributed by atoms with Crippen molar-refractivity contribution in [1.29, 1.82) is 0 Å². The average molecular weight is 294 g/mol. The van der Waals surface area contributed by atoms with Crippen LogP contribution in [-0.4, -0.2) is 6.54 Å². The lowest BCUT2D eigenvalue weighted by atomic mass is 10.2. The number of hydrogen-bond acceptors (Lipinski definition) is 3. The molecule has 1 heterocycles. The second kappa shape index (κ2) is 7.36. The number of halogens is 1. The molecule has 1 aromatic carbocycles. The van der Waals surface area contributed by atoms with Gasteiger partial charge in [0.1, 0.15) is 23.9 Å². The SMILES string of the molecule is CCCNCc1ccc(COc2ccc(Cl)cc2C)o1. The number of ether oxygens (including phenoxy) is 1. The molecule has 0 amide bonds. The van der Waals surface area contributed by atoms with Gasteiger partial charge in [0.2, 0.25) is 0 Å². The minimum atomic E-state index is 0.427. The van der Waals surface area contributed by atoms with Crippen LogP contribution in [0.5, 0.6) is 5.75 Å². The van der Waals surface area contributed by atoms with Crippen LogP contribution in [0.1, 0.15) is 30.4 Å². The van der Waals surface area contributed by atoms with Gasteiger partial charge in [0.05, 0.1) is 6.54 Å². The van der Waals surface area contributed by atoms with Crippen LogP contribution in [0, 0.1) is 6.92 Å². The molecule has 0 saturated carbocycles. The van der Waals surface area contributed by atoms with Crippen molar-refractivity contribution in [2.24, 2.45) is 0 Å². The van der Waals surface area contributed by atoms with E-state index < -0.39 is 0 Å². The minimum absolute atomic E-state index is 0.427. The van der Waals surface area contributed by atoms with Crippen LogP contribution in [0.2, 0.25) is 5.02 Å². The van der Waals surface area contributed by atoms with Crippen LogP contribution in [0.15, 0.2) is 34.7 Å². The molecule has 20 heavy (non-hydrogen) atoms. The molecule has 1 aromatic heterocycles. The van der Waals surface area contributed by atoms with E-state index in [4.69, 9.17) is 20.8 Å². The summed E-state index contributed by atoms with van der Waals surface area (Å²) in [5.41, 5.74) is 1.02. The van der Waals surface area contributed by atoms with Gasteiger partial charge in [-0.3, -0.25) is 0 Å². The monoisotopic (exact) mass is 293 g/mol. The predicted molar refractivity (Wildman–Crippen MR) is 81.2 cm³/mol.